The zero-order valence-corrected chi connectivity index (χ0v) is 13.1. The van der Waals surface area contributed by atoms with Crippen molar-refractivity contribution in [2.24, 2.45) is 0 Å². The van der Waals surface area contributed by atoms with Crippen molar-refractivity contribution in [1.29, 1.82) is 0 Å². The molecule has 4 nitrogen and oxygen atoms in total. The first-order valence-electron chi connectivity index (χ1n) is 6.99. The molecule has 2 heterocycles. The van der Waals surface area contributed by atoms with Gasteiger partial charge in [0.1, 0.15) is 0 Å². The Labute approximate surface area is 119 Å². The molecule has 0 amide bonds. The first kappa shape index (κ1) is 14.5. The average molecular weight is 280 g/mol. The van der Waals surface area contributed by atoms with Crippen molar-refractivity contribution in [3.05, 3.63) is 23.0 Å². The number of rotatable bonds is 7. The standard InChI is InChI=1S/C14H24N4S/c1-5-17(11(2)3)7-6-15-10-13-12(4)16-14-18(13)8-9-19-14/h8-9,11,15H,5-7,10H2,1-4H3. The summed E-state index contributed by atoms with van der Waals surface area (Å²) in [5.41, 5.74) is 2.42. The van der Waals surface area contributed by atoms with E-state index in [1.807, 2.05) is 0 Å². The SMILES string of the molecule is CCN(CCNCc1c(C)nc2sccn12)C(C)C. The van der Waals surface area contributed by atoms with E-state index in [4.69, 9.17) is 0 Å². The van der Waals surface area contributed by atoms with Crippen LogP contribution in [0.15, 0.2) is 11.6 Å². The van der Waals surface area contributed by atoms with Gasteiger partial charge in [0.05, 0.1) is 11.4 Å². The van der Waals surface area contributed by atoms with E-state index in [0.29, 0.717) is 6.04 Å². The fourth-order valence-corrected chi connectivity index (χ4v) is 3.14. The molecule has 0 aromatic carbocycles. The van der Waals surface area contributed by atoms with Crippen LogP contribution in [-0.2, 0) is 6.54 Å². The van der Waals surface area contributed by atoms with Crippen LogP contribution in [-0.4, -0.2) is 40.0 Å². The van der Waals surface area contributed by atoms with Gasteiger partial charge in [-0.3, -0.25) is 9.30 Å². The van der Waals surface area contributed by atoms with Crippen LogP contribution in [0, 0.1) is 6.92 Å². The summed E-state index contributed by atoms with van der Waals surface area (Å²) < 4.78 is 2.19. The lowest BCUT2D eigenvalue weighted by atomic mass is 10.3. The summed E-state index contributed by atoms with van der Waals surface area (Å²) in [6, 6.07) is 0.618. The van der Waals surface area contributed by atoms with Crippen molar-refractivity contribution >= 4 is 16.3 Å². The number of thiazole rings is 1. The van der Waals surface area contributed by atoms with Gasteiger partial charge in [-0.2, -0.15) is 0 Å². The molecule has 2 aromatic heterocycles. The third-order valence-corrected chi connectivity index (χ3v) is 4.32. The first-order chi connectivity index (χ1) is 9.13. The van der Waals surface area contributed by atoms with Crippen molar-refractivity contribution in [2.75, 3.05) is 19.6 Å². The van der Waals surface area contributed by atoms with E-state index in [-0.39, 0.29) is 0 Å². The van der Waals surface area contributed by atoms with Gasteiger partial charge in [0.15, 0.2) is 4.96 Å². The largest absolute Gasteiger partial charge is 0.310 e. The van der Waals surface area contributed by atoms with Crippen LogP contribution in [0.4, 0.5) is 0 Å². The first-order valence-corrected chi connectivity index (χ1v) is 7.87. The highest BCUT2D eigenvalue weighted by atomic mass is 32.1. The lowest BCUT2D eigenvalue weighted by Crippen LogP contribution is -2.36. The van der Waals surface area contributed by atoms with E-state index in [0.717, 1.165) is 36.8 Å². The third kappa shape index (κ3) is 3.35. The van der Waals surface area contributed by atoms with Crippen LogP contribution >= 0.6 is 11.3 Å². The van der Waals surface area contributed by atoms with Crippen LogP contribution in [0.2, 0.25) is 0 Å². The van der Waals surface area contributed by atoms with Crippen LogP contribution in [0.1, 0.15) is 32.2 Å². The molecule has 0 aliphatic rings. The Hall–Kier alpha value is -0.910. The monoisotopic (exact) mass is 280 g/mol. The second-order valence-corrected chi connectivity index (χ2v) is 5.97. The summed E-state index contributed by atoms with van der Waals surface area (Å²) in [5, 5.41) is 5.62. The summed E-state index contributed by atoms with van der Waals surface area (Å²) in [7, 11) is 0. The molecule has 1 N–H and O–H groups in total. The van der Waals surface area contributed by atoms with E-state index in [9.17, 15) is 0 Å². The van der Waals surface area contributed by atoms with Gasteiger partial charge in [0, 0.05) is 37.3 Å². The zero-order chi connectivity index (χ0) is 13.8. The maximum Gasteiger partial charge on any atom is 0.194 e. The number of hydrogen-bond donors (Lipinski definition) is 1. The number of hydrogen-bond acceptors (Lipinski definition) is 4. The minimum Gasteiger partial charge on any atom is -0.310 e. The van der Waals surface area contributed by atoms with Crippen molar-refractivity contribution < 1.29 is 0 Å². The summed E-state index contributed by atoms with van der Waals surface area (Å²) in [4.78, 5) is 8.12. The van der Waals surface area contributed by atoms with Gasteiger partial charge in [-0.15, -0.1) is 11.3 Å². The molecule has 0 saturated heterocycles. The van der Waals surface area contributed by atoms with Crippen LogP contribution in [0.5, 0.6) is 0 Å². The lowest BCUT2D eigenvalue weighted by molar-refractivity contribution is 0.233. The smallest absolute Gasteiger partial charge is 0.194 e. The molecule has 2 aromatic rings. The van der Waals surface area contributed by atoms with Gasteiger partial charge in [-0.1, -0.05) is 6.92 Å². The molecule has 0 fully saturated rings. The van der Waals surface area contributed by atoms with Crippen LogP contribution in [0.3, 0.4) is 0 Å². The number of nitrogens with one attached hydrogen (secondary N) is 1. The molecule has 0 unspecified atom stereocenters. The molecule has 19 heavy (non-hydrogen) atoms. The molecule has 0 atom stereocenters. The molecule has 5 heteroatoms. The summed E-state index contributed by atoms with van der Waals surface area (Å²) in [6.07, 6.45) is 2.10. The number of imidazole rings is 1. The Balaban J connectivity index is 1.86. The van der Waals surface area contributed by atoms with Crippen molar-refractivity contribution in [2.45, 2.75) is 40.3 Å². The van der Waals surface area contributed by atoms with E-state index in [2.05, 4.69) is 58.9 Å². The Bertz CT molecular complexity index is 514. The third-order valence-electron chi connectivity index (χ3n) is 3.57. The zero-order valence-electron chi connectivity index (χ0n) is 12.3. The topological polar surface area (TPSA) is 32.6 Å². The summed E-state index contributed by atoms with van der Waals surface area (Å²) >= 11 is 1.69. The van der Waals surface area contributed by atoms with Gasteiger partial charge in [0.25, 0.3) is 0 Å². The Kier molecular flexibility index (Phi) is 4.96. The molecule has 0 aliphatic heterocycles. The number of fused-ring (bicyclic) bond motifs is 1. The molecular weight excluding hydrogens is 256 g/mol. The quantitative estimate of drug-likeness (QED) is 0.791. The number of nitrogens with zero attached hydrogens (tertiary/aromatic N) is 3. The highest BCUT2D eigenvalue weighted by molar-refractivity contribution is 7.15. The fourth-order valence-electron chi connectivity index (χ4n) is 2.36. The van der Waals surface area contributed by atoms with Crippen LogP contribution < -0.4 is 5.32 Å². The normalized spacial score (nSPS) is 12.1. The average Bonchev–Trinajstić information content (AvgIpc) is 2.91. The number of likely N-dealkylation sites (N-methyl/N-ethyl adjacent to an activating group) is 1. The van der Waals surface area contributed by atoms with E-state index in [1.54, 1.807) is 11.3 Å². The fraction of sp³-hybridized carbons (Fsp3) is 0.643. The highest BCUT2D eigenvalue weighted by Crippen LogP contribution is 2.16. The van der Waals surface area contributed by atoms with Gasteiger partial charge in [0.2, 0.25) is 0 Å². The molecule has 0 saturated carbocycles. The molecule has 0 spiro atoms. The predicted octanol–water partition coefficient (Wildman–Crippen LogP) is 2.52. The maximum atomic E-state index is 4.56. The Morgan fingerprint density at radius 3 is 2.95 bits per heavy atom. The molecule has 0 bridgehead atoms. The minimum atomic E-state index is 0.618. The highest BCUT2D eigenvalue weighted by Gasteiger charge is 2.09. The number of aromatic nitrogens is 2. The van der Waals surface area contributed by atoms with Crippen molar-refractivity contribution in [3.8, 4) is 0 Å². The van der Waals surface area contributed by atoms with Gasteiger partial charge >= 0.3 is 0 Å². The van der Waals surface area contributed by atoms with Crippen LogP contribution in [0.25, 0.3) is 4.96 Å². The molecule has 0 aliphatic carbocycles. The summed E-state index contributed by atoms with van der Waals surface area (Å²) in [5.74, 6) is 0. The second kappa shape index (κ2) is 6.50. The number of aryl methyl sites for hydroxylation is 1. The van der Waals surface area contributed by atoms with E-state index >= 15 is 0 Å². The second-order valence-electron chi connectivity index (χ2n) is 5.10. The molecule has 106 valence electrons. The predicted molar refractivity (Wildman–Crippen MR) is 81.9 cm³/mol. The maximum absolute atomic E-state index is 4.56. The van der Waals surface area contributed by atoms with Crippen molar-refractivity contribution in [1.82, 2.24) is 19.6 Å². The molecule has 0 radical (unpaired) electrons. The van der Waals surface area contributed by atoms with E-state index < -0.39 is 0 Å². The Morgan fingerprint density at radius 2 is 2.26 bits per heavy atom. The minimum absolute atomic E-state index is 0.618. The molecule has 2 rings (SSSR count). The lowest BCUT2D eigenvalue weighted by Gasteiger charge is -2.24. The van der Waals surface area contributed by atoms with E-state index in [1.165, 1.54) is 5.69 Å². The van der Waals surface area contributed by atoms with Gasteiger partial charge < -0.3 is 5.32 Å². The van der Waals surface area contributed by atoms with Crippen molar-refractivity contribution in [3.63, 3.8) is 0 Å². The van der Waals surface area contributed by atoms with Gasteiger partial charge in [-0.25, -0.2) is 4.98 Å². The Morgan fingerprint density at radius 1 is 1.47 bits per heavy atom. The van der Waals surface area contributed by atoms with Gasteiger partial charge in [-0.05, 0) is 27.3 Å². The summed E-state index contributed by atoms with van der Waals surface area (Å²) in [6.45, 7) is 12.9. The molecular formula is C14H24N4S.